The number of amides is 1. The van der Waals surface area contributed by atoms with Gasteiger partial charge in [0.15, 0.2) is 5.82 Å². The number of nitrogens with zero attached hydrogens (tertiary/aromatic N) is 6. The van der Waals surface area contributed by atoms with E-state index in [1.165, 1.54) is 15.6 Å². The average Bonchev–Trinajstić information content (AvgIpc) is 3.41. The molecule has 4 rings (SSSR count). The fraction of sp³-hybridized carbons (Fsp3) is 0.440. The van der Waals surface area contributed by atoms with Crippen molar-refractivity contribution in [3.05, 3.63) is 46.5 Å². The molecule has 10 heteroatoms. The van der Waals surface area contributed by atoms with Gasteiger partial charge in [-0.3, -0.25) is 15.1 Å². The fourth-order valence-electron chi connectivity index (χ4n) is 4.93. The van der Waals surface area contributed by atoms with E-state index in [1.54, 1.807) is 22.2 Å². The van der Waals surface area contributed by atoms with Crippen molar-refractivity contribution >= 4 is 48.2 Å². The Morgan fingerprint density at radius 3 is 2.89 bits per heavy atom. The predicted molar refractivity (Wildman–Crippen MR) is 145 cm³/mol. The lowest BCUT2D eigenvalue weighted by Crippen LogP contribution is -2.53. The van der Waals surface area contributed by atoms with Gasteiger partial charge in [-0.15, -0.1) is 20.6 Å². The van der Waals surface area contributed by atoms with Crippen LogP contribution in [0.4, 0.5) is 0 Å². The molecule has 0 radical (unpaired) electrons. The number of imidazole rings is 1. The summed E-state index contributed by atoms with van der Waals surface area (Å²) in [7, 11) is 2.90. The summed E-state index contributed by atoms with van der Waals surface area (Å²) in [6, 6.07) is 7.19. The van der Waals surface area contributed by atoms with E-state index in [4.69, 9.17) is 5.26 Å². The van der Waals surface area contributed by atoms with E-state index in [1.807, 2.05) is 13.0 Å². The summed E-state index contributed by atoms with van der Waals surface area (Å²) in [4.78, 5) is 25.4. The largest absolute Gasteiger partial charge is 0.363 e. The Morgan fingerprint density at radius 1 is 1.40 bits per heavy atom. The molecule has 3 atom stereocenters. The third-order valence-corrected chi connectivity index (χ3v) is 8.14. The highest BCUT2D eigenvalue weighted by atomic mass is 32.1. The van der Waals surface area contributed by atoms with Gasteiger partial charge in [0.2, 0.25) is 6.41 Å². The van der Waals surface area contributed by atoms with Gasteiger partial charge in [-0.05, 0) is 50.2 Å². The van der Waals surface area contributed by atoms with Crippen LogP contribution in [0.25, 0.3) is 15.9 Å². The zero-order chi connectivity index (χ0) is 25.1. The first-order chi connectivity index (χ1) is 16.9. The zero-order valence-electron chi connectivity index (χ0n) is 20.7. The first-order valence-corrected chi connectivity index (χ1v) is 13.3. The van der Waals surface area contributed by atoms with Gasteiger partial charge < -0.3 is 4.90 Å². The molecule has 1 amide bonds. The molecule has 3 unspecified atom stereocenters. The molecule has 1 aliphatic heterocycles. The topological polar surface area (TPSA) is 90.1 Å². The molecule has 3 aromatic rings. The molecule has 0 aliphatic carbocycles. The second-order valence-corrected chi connectivity index (χ2v) is 10.6. The van der Waals surface area contributed by atoms with E-state index in [0.29, 0.717) is 24.0 Å². The molecular weight excluding hydrogens is 477 g/mol. The SMILES string of the molecule is C/C=C(\c1nc(CC#N)cn1NC=O)N1CCN(C(C)c2cc3sc(C)nc3cc2P)CC1CC. The molecule has 8 nitrogen and oxygen atoms in total. The van der Waals surface area contributed by atoms with Crippen molar-refractivity contribution in [3.8, 4) is 6.07 Å². The Labute approximate surface area is 212 Å². The lowest BCUT2D eigenvalue weighted by molar-refractivity contribution is -0.106. The Bertz CT molecular complexity index is 1290. The molecule has 184 valence electrons. The second-order valence-electron chi connectivity index (χ2n) is 8.79. The minimum absolute atomic E-state index is 0.195. The van der Waals surface area contributed by atoms with E-state index in [-0.39, 0.29) is 12.5 Å². The maximum absolute atomic E-state index is 11.2. The number of piperazine rings is 1. The van der Waals surface area contributed by atoms with Gasteiger partial charge in [-0.1, -0.05) is 13.0 Å². The van der Waals surface area contributed by atoms with Crippen molar-refractivity contribution in [2.75, 3.05) is 25.1 Å². The maximum atomic E-state index is 11.2. The van der Waals surface area contributed by atoms with Crippen LogP contribution in [0.2, 0.25) is 0 Å². The highest BCUT2D eigenvalue weighted by Gasteiger charge is 2.32. The summed E-state index contributed by atoms with van der Waals surface area (Å²) >= 11 is 1.75. The highest BCUT2D eigenvalue weighted by Crippen LogP contribution is 2.32. The number of carbonyl (C=O) groups excluding carboxylic acids is 1. The van der Waals surface area contributed by atoms with Gasteiger partial charge in [0.05, 0.1) is 45.3 Å². The number of benzene rings is 1. The number of hydrogen-bond donors (Lipinski definition) is 1. The Kier molecular flexibility index (Phi) is 7.85. The minimum atomic E-state index is 0.195. The number of aryl methyl sites for hydroxylation is 1. The van der Waals surface area contributed by atoms with Gasteiger partial charge in [0, 0.05) is 31.7 Å². The standard InChI is InChI=1S/C25H32N7OPS/c1-5-19-14-30(16(3)20-11-24-21(12-23(20)34)28-17(4)35-24)9-10-31(19)22(6-2)25-29-18(7-8-26)13-32(25)27-15-33/h6,11-13,15-16,19H,5,7,9-10,14,34H2,1-4H3,(H,27,33)/b22-6+. The van der Waals surface area contributed by atoms with Crippen molar-refractivity contribution < 1.29 is 4.79 Å². The molecule has 1 fully saturated rings. The fourth-order valence-corrected chi connectivity index (χ4v) is 6.27. The molecule has 0 saturated carbocycles. The van der Waals surface area contributed by atoms with Crippen molar-refractivity contribution in [3.63, 3.8) is 0 Å². The number of hydrogen-bond acceptors (Lipinski definition) is 7. The number of carbonyl (C=O) groups is 1. The third kappa shape index (κ3) is 5.11. The van der Waals surface area contributed by atoms with Gasteiger partial charge >= 0.3 is 0 Å². The number of thiazole rings is 1. The molecule has 2 aromatic heterocycles. The van der Waals surface area contributed by atoms with Gasteiger partial charge in [-0.25, -0.2) is 14.6 Å². The normalized spacial score (nSPS) is 18.0. The molecule has 1 saturated heterocycles. The quantitative estimate of drug-likeness (QED) is 0.369. The van der Waals surface area contributed by atoms with Crippen LogP contribution >= 0.6 is 20.6 Å². The van der Waals surface area contributed by atoms with Crippen molar-refractivity contribution in [1.82, 2.24) is 24.4 Å². The molecule has 1 aliphatic rings. The monoisotopic (exact) mass is 509 g/mol. The molecule has 3 heterocycles. The molecule has 0 spiro atoms. The van der Waals surface area contributed by atoms with Gasteiger partial charge in [-0.2, -0.15) is 5.26 Å². The van der Waals surface area contributed by atoms with Crippen molar-refractivity contribution in [2.24, 2.45) is 0 Å². The molecule has 35 heavy (non-hydrogen) atoms. The zero-order valence-corrected chi connectivity index (χ0v) is 22.6. The first kappa shape index (κ1) is 25.3. The van der Waals surface area contributed by atoms with Crippen LogP contribution in [0, 0.1) is 18.3 Å². The summed E-state index contributed by atoms with van der Waals surface area (Å²) in [6.07, 6.45) is 5.57. The van der Waals surface area contributed by atoms with Crippen LogP contribution in [0.1, 0.15) is 55.3 Å². The Hall–Kier alpha value is -2.79. The van der Waals surface area contributed by atoms with E-state index in [9.17, 15) is 4.79 Å². The highest BCUT2D eigenvalue weighted by molar-refractivity contribution is 7.27. The first-order valence-electron chi connectivity index (χ1n) is 11.9. The van der Waals surface area contributed by atoms with E-state index < -0.39 is 0 Å². The number of nitrogens with one attached hydrogen (secondary N) is 1. The van der Waals surface area contributed by atoms with Gasteiger partial charge in [0.25, 0.3) is 0 Å². The number of fused-ring (bicyclic) bond motifs is 1. The van der Waals surface area contributed by atoms with Crippen LogP contribution in [-0.2, 0) is 11.2 Å². The van der Waals surface area contributed by atoms with Crippen LogP contribution < -0.4 is 10.7 Å². The molecule has 1 N–H and O–H groups in total. The summed E-state index contributed by atoms with van der Waals surface area (Å²) < 4.78 is 2.85. The summed E-state index contributed by atoms with van der Waals surface area (Å²) in [5.74, 6) is 0.656. The minimum Gasteiger partial charge on any atom is -0.363 e. The van der Waals surface area contributed by atoms with Crippen LogP contribution in [0.15, 0.2) is 24.4 Å². The molecule has 1 aromatic carbocycles. The lowest BCUT2D eigenvalue weighted by atomic mass is 10.0. The number of allylic oxidation sites excluding steroid dienone is 1. The van der Waals surface area contributed by atoms with E-state index in [2.05, 4.69) is 73.4 Å². The lowest BCUT2D eigenvalue weighted by Gasteiger charge is -2.45. The van der Waals surface area contributed by atoms with Gasteiger partial charge in [0.1, 0.15) is 0 Å². The maximum Gasteiger partial charge on any atom is 0.226 e. The van der Waals surface area contributed by atoms with Crippen molar-refractivity contribution in [2.45, 2.75) is 52.6 Å². The summed E-state index contributed by atoms with van der Waals surface area (Å²) in [6.45, 7) is 11.2. The van der Waals surface area contributed by atoms with Crippen molar-refractivity contribution in [1.29, 1.82) is 5.26 Å². The van der Waals surface area contributed by atoms with E-state index >= 15 is 0 Å². The third-order valence-electron chi connectivity index (χ3n) is 6.70. The smallest absolute Gasteiger partial charge is 0.226 e. The van der Waals surface area contributed by atoms with Crippen LogP contribution in [0.5, 0.6) is 0 Å². The Balaban J connectivity index is 1.58. The van der Waals surface area contributed by atoms with Crippen LogP contribution in [-0.4, -0.2) is 56.5 Å². The van der Waals surface area contributed by atoms with E-state index in [0.717, 1.165) is 42.3 Å². The molecular formula is C25H32N7OPS. The summed E-state index contributed by atoms with van der Waals surface area (Å²) in [5, 5.41) is 11.4. The second kappa shape index (κ2) is 10.9. The predicted octanol–water partition coefficient (Wildman–Crippen LogP) is 3.59. The average molecular weight is 510 g/mol. The summed E-state index contributed by atoms with van der Waals surface area (Å²) in [5.41, 5.74) is 6.69. The number of nitriles is 1. The Morgan fingerprint density at radius 2 is 2.20 bits per heavy atom. The number of rotatable bonds is 8. The molecule has 0 bridgehead atoms. The van der Waals surface area contributed by atoms with Crippen LogP contribution in [0.3, 0.4) is 0 Å². The number of aromatic nitrogens is 3.